The van der Waals surface area contributed by atoms with Crippen LogP contribution in [0.1, 0.15) is 30.2 Å². The van der Waals surface area contributed by atoms with Crippen LogP contribution in [0.5, 0.6) is 0 Å². The average Bonchev–Trinajstić information content (AvgIpc) is 2.84. The van der Waals surface area contributed by atoms with Gasteiger partial charge < -0.3 is 5.32 Å². The van der Waals surface area contributed by atoms with E-state index in [4.69, 9.17) is 0 Å². The Morgan fingerprint density at radius 1 is 1.05 bits per heavy atom. The summed E-state index contributed by atoms with van der Waals surface area (Å²) in [5.41, 5.74) is 1.42. The maximum atomic E-state index is 3.60. The molecule has 1 nitrogen and oxygen atoms in total. The molecule has 1 unspecified atom stereocenters. The van der Waals surface area contributed by atoms with Crippen molar-refractivity contribution in [3.63, 3.8) is 0 Å². The van der Waals surface area contributed by atoms with Gasteiger partial charge in [0.1, 0.15) is 0 Å². The first-order valence-electron chi connectivity index (χ1n) is 7.15. The predicted octanol–water partition coefficient (Wildman–Crippen LogP) is 5.08. The van der Waals surface area contributed by atoms with Crippen LogP contribution in [0.15, 0.2) is 46.3 Å². The Kier molecular flexibility index (Phi) is 6.27. The van der Waals surface area contributed by atoms with Crippen LogP contribution in [0.25, 0.3) is 0 Å². The minimum absolute atomic E-state index is 0.542. The molecule has 0 aliphatic rings. The van der Waals surface area contributed by atoms with E-state index in [1.807, 2.05) is 11.3 Å². The van der Waals surface area contributed by atoms with Gasteiger partial charge in [0.25, 0.3) is 0 Å². The standard InChI is InChI=1S/C17H22BrNS/c1-13(2)11-19-12-15(14-6-4-3-5-7-14)10-16-8-9-17(18)20-16/h3-9,13,15,19H,10-12H2,1-2H3. The molecule has 108 valence electrons. The number of thiophene rings is 1. The summed E-state index contributed by atoms with van der Waals surface area (Å²) in [7, 11) is 0. The van der Waals surface area contributed by atoms with Crippen molar-refractivity contribution in [3.05, 3.63) is 56.7 Å². The zero-order valence-electron chi connectivity index (χ0n) is 12.1. The Labute approximate surface area is 134 Å². The van der Waals surface area contributed by atoms with Gasteiger partial charge in [-0.2, -0.15) is 0 Å². The van der Waals surface area contributed by atoms with Crippen molar-refractivity contribution < 1.29 is 0 Å². The van der Waals surface area contributed by atoms with Crippen LogP contribution >= 0.6 is 27.3 Å². The number of hydrogen-bond donors (Lipinski definition) is 1. The van der Waals surface area contributed by atoms with Crippen LogP contribution in [0.3, 0.4) is 0 Å². The molecule has 2 rings (SSSR count). The summed E-state index contributed by atoms with van der Waals surface area (Å²) in [6.07, 6.45) is 1.10. The van der Waals surface area contributed by atoms with E-state index < -0.39 is 0 Å². The van der Waals surface area contributed by atoms with E-state index in [1.54, 1.807) is 0 Å². The second kappa shape index (κ2) is 7.96. The monoisotopic (exact) mass is 351 g/mol. The highest BCUT2D eigenvalue weighted by Gasteiger charge is 2.13. The van der Waals surface area contributed by atoms with Gasteiger partial charge in [0, 0.05) is 17.3 Å². The zero-order valence-corrected chi connectivity index (χ0v) is 14.5. The normalized spacial score (nSPS) is 12.8. The number of hydrogen-bond acceptors (Lipinski definition) is 2. The summed E-state index contributed by atoms with van der Waals surface area (Å²) in [4.78, 5) is 1.44. The molecule has 0 amide bonds. The molecule has 0 saturated carbocycles. The van der Waals surface area contributed by atoms with E-state index in [-0.39, 0.29) is 0 Å². The number of rotatable bonds is 7. The minimum atomic E-state index is 0.542. The molecule has 20 heavy (non-hydrogen) atoms. The van der Waals surface area contributed by atoms with Crippen molar-refractivity contribution in [1.82, 2.24) is 5.32 Å². The van der Waals surface area contributed by atoms with Crippen LogP contribution in [-0.4, -0.2) is 13.1 Å². The highest BCUT2D eigenvalue weighted by Crippen LogP contribution is 2.27. The molecule has 0 spiro atoms. The van der Waals surface area contributed by atoms with Crippen LogP contribution in [0, 0.1) is 5.92 Å². The Hall–Kier alpha value is -0.640. The van der Waals surface area contributed by atoms with Gasteiger partial charge in [-0.05, 0) is 52.5 Å². The second-order valence-electron chi connectivity index (χ2n) is 5.57. The first-order chi connectivity index (χ1) is 9.65. The molecule has 0 saturated heterocycles. The summed E-state index contributed by atoms with van der Waals surface area (Å²) in [6.45, 7) is 6.62. The molecule has 1 N–H and O–H groups in total. The molecule has 0 radical (unpaired) electrons. The fourth-order valence-corrected chi connectivity index (χ4v) is 3.85. The van der Waals surface area contributed by atoms with Gasteiger partial charge >= 0.3 is 0 Å². The summed E-state index contributed by atoms with van der Waals surface area (Å²) >= 11 is 5.39. The fraction of sp³-hybridized carbons (Fsp3) is 0.412. The summed E-state index contributed by atoms with van der Waals surface area (Å²) in [5, 5.41) is 3.60. The largest absolute Gasteiger partial charge is 0.316 e. The van der Waals surface area contributed by atoms with Crippen molar-refractivity contribution in [2.45, 2.75) is 26.2 Å². The molecule has 1 aromatic heterocycles. The average molecular weight is 352 g/mol. The van der Waals surface area contributed by atoms with Gasteiger partial charge in [-0.1, -0.05) is 44.2 Å². The fourth-order valence-electron chi connectivity index (χ4n) is 2.28. The predicted molar refractivity (Wildman–Crippen MR) is 92.6 cm³/mol. The molecule has 1 heterocycles. The summed E-state index contributed by atoms with van der Waals surface area (Å²) < 4.78 is 1.22. The molecule has 1 atom stereocenters. The lowest BCUT2D eigenvalue weighted by Gasteiger charge is -2.18. The molecule has 0 aliphatic carbocycles. The Balaban J connectivity index is 2.03. The van der Waals surface area contributed by atoms with Crippen molar-refractivity contribution in [3.8, 4) is 0 Å². The van der Waals surface area contributed by atoms with Crippen molar-refractivity contribution in [2.24, 2.45) is 5.92 Å². The molecule has 0 bridgehead atoms. The molecule has 2 aromatic rings. The second-order valence-corrected chi connectivity index (χ2v) is 8.12. The van der Waals surface area contributed by atoms with Gasteiger partial charge in [-0.15, -0.1) is 11.3 Å². The third kappa shape index (κ3) is 5.04. The van der Waals surface area contributed by atoms with E-state index in [0.717, 1.165) is 19.5 Å². The van der Waals surface area contributed by atoms with Gasteiger partial charge in [-0.25, -0.2) is 0 Å². The highest BCUT2D eigenvalue weighted by molar-refractivity contribution is 9.11. The molecule has 1 aromatic carbocycles. The smallest absolute Gasteiger partial charge is 0.0701 e. The van der Waals surface area contributed by atoms with Crippen LogP contribution < -0.4 is 5.32 Å². The van der Waals surface area contributed by atoms with Crippen LogP contribution in [0.4, 0.5) is 0 Å². The van der Waals surface area contributed by atoms with E-state index in [2.05, 4.69) is 77.6 Å². The third-order valence-corrected chi connectivity index (χ3v) is 4.94. The van der Waals surface area contributed by atoms with Crippen molar-refractivity contribution >= 4 is 27.3 Å². The van der Waals surface area contributed by atoms with E-state index >= 15 is 0 Å². The lowest BCUT2D eigenvalue weighted by Crippen LogP contribution is -2.26. The van der Waals surface area contributed by atoms with E-state index in [0.29, 0.717) is 11.8 Å². The van der Waals surface area contributed by atoms with E-state index in [1.165, 1.54) is 14.2 Å². The third-order valence-electron chi connectivity index (χ3n) is 3.29. The van der Waals surface area contributed by atoms with E-state index in [9.17, 15) is 0 Å². The Bertz CT molecular complexity index is 507. The molecular formula is C17H22BrNS. The molecule has 3 heteroatoms. The Morgan fingerprint density at radius 2 is 1.80 bits per heavy atom. The number of nitrogens with one attached hydrogen (secondary N) is 1. The van der Waals surface area contributed by atoms with Gasteiger partial charge in [0.15, 0.2) is 0 Å². The number of halogens is 1. The first-order valence-corrected chi connectivity index (χ1v) is 8.76. The molecule has 0 fully saturated rings. The van der Waals surface area contributed by atoms with Crippen molar-refractivity contribution in [1.29, 1.82) is 0 Å². The highest BCUT2D eigenvalue weighted by atomic mass is 79.9. The van der Waals surface area contributed by atoms with Crippen LogP contribution in [-0.2, 0) is 6.42 Å². The van der Waals surface area contributed by atoms with Gasteiger partial charge in [0.2, 0.25) is 0 Å². The maximum Gasteiger partial charge on any atom is 0.0701 e. The zero-order chi connectivity index (χ0) is 14.4. The quantitative estimate of drug-likeness (QED) is 0.733. The van der Waals surface area contributed by atoms with Crippen LogP contribution in [0.2, 0.25) is 0 Å². The SMILES string of the molecule is CC(C)CNCC(Cc1ccc(Br)s1)c1ccccc1. The maximum absolute atomic E-state index is 3.60. The minimum Gasteiger partial charge on any atom is -0.316 e. The lowest BCUT2D eigenvalue weighted by atomic mass is 9.95. The topological polar surface area (TPSA) is 12.0 Å². The summed E-state index contributed by atoms with van der Waals surface area (Å²) in [6, 6.07) is 15.2. The molecular weight excluding hydrogens is 330 g/mol. The Morgan fingerprint density at radius 3 is 2.40 bits per heavy atom. The summed E-state index contributed by atoms with van der Waals surface area (Å²) in [5.74, 6) is 1.24. The molecule has 0 aliphatic heterocycles. The first kappa shape index (κ1) is 15.7. The van der Waals surface area contributed by atoms with Crippen molar-refractivity contribution in [2.75, 3.05) is 13.1 Å². The number of benzene rings is 1. The van der Waals surface area contributed by atoms with Gasteiger partial charge in [0.05, 0.1) is 3.79 Å². The van der Waals surface area contributed by atoms with Gasteiger partial charge in [-0.3, -0.25) is 0 Å². The lowest BCUT2D eigenvalue weighted by molar-refractivity contribution is 0.515.